The van der Waals surface area contributed by atoms with Crippen LogP contribution in [0.5, 0.6) is 11.5 Å². The van der Waals surface area contributed by atoms with Crippen LogP contribution in [-0.4, -0.2) is 29.7 Å². The van der Waals surface area contributed by atoms with Gasteiger partial charge in [-0.2, -0.15) is 0 Å². The number of rotatable bonds is 3. The van der Waals surface area contributed by atoms with E-state index in [1.54, 1.807) is 0 Å². The van der Waals surface area contributed by atoms with Crippen LogP contribution >= 0.6 is 0 Å². The minimum absolute atomic E-state index is 0.0719. The largest absolute Gasteiger partial charge is 0.504 e. The van der Waals surface area contributed by atoms with E-state index in [-0.39, 0.29) is 17.3 Å². The highest BCUT2D eigenvalue weighted by molar-refractivity contribution is 5.48. The van der Waals surface area contributed by atoms with Crippen LogP contribution in [0, 0.1) is 0 Å². The van der Waals surface area contributed by atoms with E-state index in [1.165, 1.54) is 30.5 Å². The number of phenolic OH excluding ortho intramolecular Hbond substituents is 1. The van der Waals surface area contributed by atoms with Crippen LogP contribution in [0.25, 0.3) is 0 Å². The average molecular weight is 287 g/mol. The molecule has 2 aliphatic rings. The van der Waals surface area contributed by atoms with Gasteiger partial charge in [-0.25, -0.2) is 0 Å². The highest BCUT2D eigenvalue weighted by atomic mass is 16.5. The number of fused-ring (bicyclic) bond motifs is 1. The molecule has 0 aromatic heterocycles. The first-order valence-electron chi connectivity index (χ1n) is 7.95. The molecule has 1 atom stereocenters. The van der Waals surface area contributed by atoms with Crippen LogP contribution in [0.2, 0.25) is 0 Å². The molecule has 1 aliphatic carbocycles. The first-order chi connectivity index (χ1) is 10.0. The van der Waals surface area contributed by atoms with Gasteiger partial charge in [0.2, 0.25) is 0 Å². The van der Waals surface area contributed by atoms with Gasteiger partial charge in [0.1, 0.15) is 0 Å². The van der Waals surface area contributed by atoms with Crippen molar-refractivity contribution < 1.29 is 9.84 Å². The monoisotopic (exact) mass is 287 g/mol. The maximum absolute atomic E-state index is 10.3. The third-order valence-corrected chi connectivity index (χ3v) is 4.80. The fourth-order valence-corrected chi connectivity index (χ4v) is 3.82. The number of phenols is 1. The number of likely N-dealkylation sites (tertiary alicyclic amines) is 1. The second kappa shape index (κ2) is 5.28. The van der Waals surface area contributed by atoms with Crippen molar-refractivity contribution in [2.24, 2.45) is 0 Å². The van der Waals surface area contributed by atoms with Crippen LogP contribution in [0.4, 0.5) is 0 Å². The minimum Gasteiger partial charge on any atom is -0.504 e. The lowest BCUT2D eigenvalue weighted by Crippen LogP contribution is -2.29. The molecular formula is C18H25NO2. The predicted octanol–water partition coefficient (Wildman–Crippen LogP) is 3.82. The maximum atomic E-state index is 10.3. The number of allylic oxidation sites excluding steroid dienone is 2. The predicted molar refractivity (Wildman–Crippen MR) is 84.7 cm³/mol. The molecule has 3 rings (SSSR count). The Morgan fingerprint density at radius 1 is 1.29 bits per heavy atom. The third-order valence-electron chi connectivity index (χ3n) is 4.80. The van der Waals surface area contributed by atoms with Crippen molar-refractivity contribution in [1.29, 1.82) is 0 Å². The molecule has 0 radical (unpaired) electrons. The number of hydrogen-bond donors (Lipinski definition) is 1. The van der Waals surface area contributed by atoms with Gasteiger partial charge in [-0.05, 0) is 57.2 Å². The van der Waals surface area contributed by atoms with Gasteiger partial charge in [-0.3, -0.25) is 0 Å². The third kappa shape index (κ3) is 2.39. The van der Waals surface area contributed by atoms with Crippen molar-refractivity contribution in [3.8, 4) is 11.5 Å². The summed E-state index contributed by atoms with van der Waals surface area (Å²) in [4.78, 5) is 2.37. The number of ether oxygens (including phenoxy) is 1. The zero-order valence-corrected chi connectivity index (χ0v) is 13.2. The van der Waals surface area contributed by atoms with Crippen LogP contribution in [0.15, 0.2) is 30.0 Å². The molecule has 1 aromatic carbocycles. The quantitative estimate of drug-likeness (QED) is 0.917. The summed E-state index contributed by atoms with van der Waals surface area (Å²) in [5.41, 5.74) is 2.76. The number of benzene rings is 1. The van der Waals surface area contributed by atoms with E-state index in [0.717, 1.165) is 13.0 Å². The second-order valence-electron chi connectivity index (χ2n) is 6.58. The summed E-state index contributed by atoms with van der Waals surface area (Å²) in [6, 6.07) is 5.97. The molecule has 3 heteroatoms. The maximum Gasteiger partial charge on any atom is 0.161 e. The van der Waals surface area contributed by atoms with Crippen molar-refractivity contribution in [3.63, 3.8) is 0 Å². The van der Waals surface area contributed by atoms with E-state index in [2.05, 4.69) is 24.1 Å². The summed E-state index contributed by atoms with van der Waals surface area (Å²) in [6.45, 7) is 5.04. The highest BCUT2D eigenvalue weighted by Gasteiger charge is 2.43. The summed E-state index contributed by atoms with van der Waals surface area (Å²) >= 11 is 0. The lowest BCUT2D eigenvalue weighted by Gasteiger charge is -2.35. The van der Waals surface area contributed by atoms with Gasteiger partial charge in [0.15, 0.2) is 11.5 Å². The molecule has 0 saturated carbocycles. The van der Waals surface area contributed by atoms with Gasteiger partial charge in [0.05, 0.1) is 6.10 Å². The molecule has 1 N–H and O–H groups in total. The Bertz CT molecular complexity index is 564. The first kappa shape index (κ1) is 14.3. The fourth-order valence-electron chi connectivity index (χ4n) is 3.82. The Morgan fingerprint density at radius 3 is 2.81 bits per heavy atom. The molecule has 3 nitrogen and oxygen atoms in total. The van der Waals surface area contributed by atoms with Crippen molar-refractivity contribution in [2.45, 2.75) is 51.0 Å². The normalized spacial score (nSPS) is 25.0. The Morgan fingerprint density at radius 2 is 2.10 bits per heavy atom. The lowest BCUT2D eigenvalue weighted by molar-refractivity contribution is 0.231. The molecular weight excluding hydrogens is 262 g/mol. The van der Waals surface area contributed by atoms with Gasteiger partial charge in [0, 0.05) is 24.7 Å². The van der Waals surface area contributed by atoms with Crippen LogP contribution < -0.4 is 4.74 Å². The van der Waals surface area contributed by atoms with E-state index in [4.69, 9.17) is 4.74 Å². The minimum atomic E-state index is 0.0719. The van der Waals surface area contributed by atoms with Gasteiger partial charge in [-0.1, -0.05) is 12.1 Å². The van der Waals surface area contributed by atoms with Gasteiger partial charge in [0.25, 0.3) is 0 Å². The van der Waals surface area contributed by atoms with Gasteiger partial charge >= 0.3 is 0 Å². The number of hydrogen-bond acceptors (Lipinski definition) is 3. The lowest BCUT2D eigenvalue weighted by atomic mass is 9.70. The smallest absolute Gasteiger partial charge is 0.161 e. The van der Waals surface area contributed by atoms with Crippen molar-refractivity contribution in [3.05, 3.63) is 35.5 Å². The first-order valence-corrected chi connectivity index (χ1v) is 7.95. The Labute approximate surface area is 127 Å². The molecule has 0 bridgehead atoms. The zero-order chi connectivity index (χ0) is 15.0. The van der Waals surface area contributed by atoms with Crippen molar-refractivity contribution in [1.82, 2.24) is 4.90 Å². The van der Waals surface area contributed by atoms with Gasteiger partial charge < -0.3 is 14.7 Å². The Kier molecular flexibility index (Phi) is 3.60. The van der Waals surface area contributed by atoms with Crippen LogP contribution in [-0.2, 0) is 5.41 Å². The highest BCUT2D eigenvalue weighted by Crippen LogP contribution is 2.50. The SMILES string of the molecule is CC(C)Oc1ccc([C@@]23CCCC=C2N(C)CC3)cc1O. The second-order valence-corrected chi connectivity index (χ2v) is 6.58. The molecule has 21 heavy (non-hydrogen) atoms. The standard InChI is InChI=1S/C18H25NO2/c1-13(2)21-16-8-7-14(12-15(16)20)18-9-5-4-6-17(18)19(3)11-10-18/h6-8,12-13,20H,4-5,9-11H2,1-3H3/t18-/m0/s1. The molecule has 114 valence electrons. The molecule has 1 saturated heterocycles. The average Bonchev–Trinajstić information content (AvgIpc) is 2.80. The zero-order valence-electron chi connectivity index (χ0n) is 13.2. The van der Waals surface area contributed by atoms with E-state index >= 15 is 0 Å². The number of aromatic hydroxyl groups is 1. The summed E-state index contributed by atoms with van der Waals surface area (Å²) < 4.78 is 5.64. The van der Waals surface area contributed by atoms with E-state index in [0.29, 0.717) is 5.75 Å². The van der Waals surface area contributed by atoms with E-state index in [1.807, 2.05) is 26.0 Å². The van der Waals surface area contributed by atoms with Crippen LogP contribution in [0.1, 0.15) is 45.1 Å². The van der Waals surface area contributed by atoms with E-state index < -0.39 is 0 Å². The molecule has 1 aliphatic heterocycles. The fraction of sp³-hybridized carbons (Fsp3) is 0.556. The topological polar surface area (TPSA) is 32.7 Å². The summed E-state index contributed by atoms with van der Waals surface area (Å²) in [5.74, 6) is 0.841. The molecule has 1 heterocycles. The number of nitrogens with zero attached hydrogens (tertiary/aromatic N) is 1. The van der Waals surface area contributed by atoms with Crippen molar-refractivity contribution >= 4 is 0 Å². The molecule has 0 amide bonds. The van der Waals surface area contributed by atoms with E-state index in [9.17, 15) is 5.11 Å². The summed E-state index contributed by atoms with van der Waals surface area (Å²) in [6.07, 6.45) is 7.16. The van der Waals surface area contributed by atoms with Crippen LogP contribution in [0.3, 0.4) is 0 Å². The van der Waals surface area contributed by atoms with Crippen molar-refractivity contribution in [2.75, 3.05) is 13.6 Å². The molecule has 0 unspecified atom stereocenters. The van der Waals surface area contributed by atoms with Gasteiger partial charge in [-0.15, -0.1) is 0 Å². The number of likely N-dealkylation sites (N-methyl/N-ethyl adjacent to an activating group) is 1. The molecule has 0 spiro atoms. The Balaban J connectivity index is 1.98. The summed E-state index contributed by atoms with van der Waals surface area (Å²) in [5, 5.41) is 10.3. The molecule has 1 fully saturated rings. The Hall–Kier alpha value is -1.64. The molecule has 1 aromatic rings. The summed E-state index contributed by atoms with van der Waals surface area (Å²) in [7, 11) is 2.18.